The van der Waals surface area contributed by atoms with Crippen LogP contribution in [-0.2, 0) is 4.57 Å². The molecule has 0 aromatic heterocycles. The number of methoxy groups -OCH3 is 4. The minimum absolute atomic E-state index is 0.600. The van der Waals surface area contributed by atoms with Crippen molar-refractivity contribution in [3.63, 3.8) is 0 Å². The third kappa shape index (κ3) is 3.55. The van der Waals surface area contributed by atoms with Gasteiger partial charge in [0, 0.05) is 22.7 Å². The largest absolute Gasteiger partial charge is 0.497 e. The van der Waals surface area contributed by atoms with E-state index in [4.69, 9.17) is 18.9 Å². The highest BCUT2D eigenvalue weighted by Crippen LogP contribution is 2.29. The SMILES string of the molecule is COc1cc(OC)cc([PH](=O)c2cc(OC)cc(OC)c2)c1. The monoisotopic (exact) mass is 322 g/mol. The maximum absolute atomic E-state index is 12.9. The fraction of sp³-hybridized carbons (Fsp3) is 0.250. The van der Waals surface area contributed by atoms with Gasteiger partial charge in [0.05, 0.1) is 28.4 Å². The fourth-order valence-electron chi connectivity index (χ4n) is 2.04. The fourth-order valence-corrected chi connectivity index (χ4v) is 3.47. The first-order chi connectivity index (χ1) is 10.6. The highest BCUT2D eigenvalue weighted by Gasteiger charge is 2.13. The van der Waals surface area contributed by atoms with Gasteiger partial charge in [-0.25, -0.2) is 0 Å². The van der Waals surface area contributed by atoms with Crippen molar-refractivity contribution in [3.05, 3.63) is 36.4 Å². The molecule has 22 heavy (non-hydrogen) atoms. The van der Waals surface area contributed by atoms with E-state index in [0.29, 0.717) is 33.6 Å². The molecule has 0 saturated carbocycles. The molecule has 0 unspecified atom stereocenters. The van der Waals surface area contributed by atoms with Crippen molar-refractivity contribution in [2.45, 2.75) is 0 Å². The molecule has 2 aromatic rings. The minimum Gasteiger partial charge on any atom is -0.497 e. The minimum atomic E-state index is -2.24. The van der Waals surface area contributed by atoms with E-state index in [1.807, 2.05) is 0 Å². The number of benzene rings is 2. The van der Waals surface area contributed by atoms with Crippen LogP contribution < -0.4 is 29.6 Å². The Labute approximate surface area is 130 Å². The zero-order valence-electron chi connectivity index (χ0n) is 13.0. The van der Waals surface area contributed by atoms with Crippen LogP contribution in [0.4, 0.5) is 0 Å². The average molecular weight is 322 g/mol. The normalized spacial score (nSPS) is 10.4. The van der Waals surface area contributed by atoms with Crippen LogP contribution in [0.3, 0.4) is 0 Å². The van der Waals surface area contributed by atoms with Crippen LogP contribution in [0.15, 0.2) is 36.4 Å². The first-order valence-corrected chi connectivity index (χ1v) is 8.03. The van der Waals surface area contributed by atoms with Crippen LogP contribution in [0.2, 0.25) is 0 Å². The molecule has 0 spiro atoms. The Morgan fingerprint density at radius 2 is 0.864 bits per heavy atom. The van der Waals surface area contributed by atoms with Gasteiger partial charge in [-0.2, -0.15) is 0 Å². The molecule has 0 fully saturated rings. The van der Waals surface area contributed by atoms with Gasteiger partial charge in [-0.1, -0.05) is 0 Å². The Kier molecular flexibility index (Phi) is 5.34. The first kappa shape index (κ1) is 16.2. The first-order valence-electron chi connectivity index (χ1n) is 6.62. The van der Waals surface area contributed by atoms with Crippen LogP contribution in [-0.4, -0.2) is 28.4 Å². The molecule has 2 rings (SSSR count). The van der Waals surface area contributed by atoms with Crippen molar-refractivity contribution in [3.8, 4) is 23.0 Å². The molecular formula is C16H19O5P. The summed E-state index contributed by atoms with van der Waals surface area (Å²) >= 11 is 0. The lowest BCUT2D eigenvalue weighted by atomic mass is 10.3. The molecule has 0 bridgehead atoms. The number of hydrogen-bond acceptors (Lipinski definition) is 5. The second-order valence-corrected chi connectivity index (χ2v) is 6.34. The topological polar surface area (TPSA) is 54.0 Å². The van der Waals surface area contributed by atoms with Crippen LogP contribution in [0.25, 0.3) is 0 Å². The Hall–Kier alpha value is -2.13. The third-order valence-corrected chi connectivity index (χ3v) is 4.85. The molecule has 118 valence electrons. The molecule has 5 nitrogen and oxygen atoms in total. The molecule has 0 heterocycles. The number of ether oxygens (including phenoxy) is 4. The van der Waals surface area contributed by atoms with E-state index in [-0.39, 0.29) is 0 Å². The van der Waals surface area contributed by atoms with Gasteiger partial charge in [-0.05, 0) is 24.3 Å². The smallest absolute Gasteiger partial charge is 0.132 e. The van der Waals surface area contributed by atoms with Crippen molar-refractivity contribution < 1.29 is 23.5 Å². The molecule has 0 aliphatic carbocycles. The molecule has 0 atom stereocenters. The molecule has 0 aliphatic heterocycles. The molecule has 6 heteroatoms. The van der Waals surface area contributed by atoms with E-state index in [9.17, 15) is 4.57 Å². The predicted octanol–water partition coefficient (Wildman–Crippen LogP) is 2.23. The maximum atomic E-state index is 12.9. The Morgan fingerprint density at radius 1 is 0.591 bits per heavy atom. The van der Waals surface area contributed by atoms with E-state index in [1.165, 1.54) is 0 Å². The van der Waals surface area contributed by atoms with Crippen LogP contribution in [0, 0.1) is 0 Å². The second kappa shape index (κ2) is 7.23. The van der Waals surface area contributed by atoms with Gasteiger partial charge in [0.25, 0.3) is 0 Å². The molecule has 0 saturated heterocycles. The van der Waals surface area contributed by atoms with Gasteiger partial charge >= 0.3 is 0 Å². The van der Waals surface area contributed by atoms with Crippen LogP contribution in [0.1, 0.15) is 0 Å². The predicted molar refractivity (Wildman–Crippen MR) is 87.4 cm³/mol. The number of rotatable bonds is 6. The summed E-state index contributed by atoms with van der Waals surface area (Å²) in [6.07, 6.45) is 0. The van der Waals surface area contributed by atoms with Crippen LogP contribution in [0.5, 0.6) is 23.0 Å². The van der Waals surface area contributed by atoms with E-state index in [0.717, 1.165) is 0 Å². The Bertz CT molecular complexity index is 582. The van der Waals surface area contributed by atoms with E-state index < -0.39 is 7.80 Å². The third-order valence-electron chi connectivity index (χ3n) is 3.23. The molecule has 0 amide bonds. The zero-order valence-corrected chi connectivity index (χ0v) is 14.0. The summed E-state index contributed by atoms with van der Waals surface area (Å²) in [6, 6.07) is 10.5. The van der Waals surface area contributed by atoms with Gasteiger partial charge in [-0.3, -0.25) is 0 Å². The average Bonchev–Trinajstić information content (AvgIpc) is 2.59. The summed E-state index contributed by atoms with van der Waals surface area (Å²) in [5.74, 6) is 2.40. The van der Waals surface area contributed by atoms with Crippen molar-refractivity contribution in [2.24, 2.45) is 0 Å². The lowest BCUT2D eigenvalue weighted by molar-refractivity contribution is 0.395. The second-order valence-electron chi connectivity index (χ2n) is 4.53. The van der Waals surface area contributed by atoms with Gasteiger partial charge in [0.2, 0.25) is 0 Å². The summed E-state index contributed by atoms with van der Waals surface area (Å²) in [5.41, 5.74) is 0. The van der Waals surface area contributed by atoms with Crippen molar-refractivity contribution >= 4 is 18.4 Å². The molecule has 0 aliphatic rings. The standard InChI is InChI=1S/C16H19O5P/c1-18-11-5-12(19-2)8-15(7-11)22(17)16-9-13(20-3)6-14(10-16)21-4/h5-10,22H,1-4H3. The quantitative estimate of drug-likeness (QED) is 0.764. The Balaban J connectivity index is 2.47. The summed E-state index contributed by atoms with van der Waals surface area (Å²) in [7, 11) is 4.00. The van der Waals surface area contributed by atoms with Crippen LogP contribution >= 0.6 is 7.80 Å². The van der Waals surface area contributed by atoms with E-state index >= 15 is 0 Å². The molecule has 0 N–H and O–H groups in total. The van der Waals surface area contributed by atoms with Gasteiger partial charge in [0.1, 0.15) is 30.8 Å². The lowest BCUT2D eigenvalue weighted by Crippen LogP contribution is -2.09. The molecule has 0 radical (unpaired) electrons. The highest BCUT2D eigenvalue weighted by molar-refractivity contribution is 7.61. The summed E-state index contributed by atoms with van der Waals surface area (Å²) < 4.78 is 33.8. The number of hydrogen-bond donors (Lipinski definition) is 0. The van der Waals surface area contributed by atoms with Crippen molar-refractivity contribution in [2.75, 3.05) is 28.4 Å². The summed E-state index contributed by atoms with van der Waals surface area (Å²) in [4.78, 5) is 0. The van der Waals surface area contributed by atoms with Gasteiger partial charge < -0.3 is 23.5 Å². The molecule has 2 aromatic carbocycles. The maximum Gasteiger partial charge on any atom is 0.132 e. The van der Waals surface area contributed by atoms with Crippen molar-refractivity contribution in [1.29, 1.82) is 0 Å². The zero-order chi connectivity index (χ0) is 16.1. The van der Waals surface area contributed by atoms with E-state index in [2.05, 4.69) is 0 Å². The summed E-state index contributed by atoms with van der Waals surface area (Å²) in [5, 5.41) is 1.30. The summed E-state index contributed by atoms with van der Waals surface area (Å²) in [6.45, 7) is 0. The van der Waals surface area contributed by atoms with Gasteiger partial charge in [0.15, 0.2) is 0 Å². The highest BCUT2D eigenvalue weighted by atomic mass is 31.1. The lowest BCUT2D eigenvalue weighted by Gasteiger charge is -2.11. The van der Waals surface area contributed by atoms with Crippen molar-refractivity contribution in [1.82, 2.24) is 0 Å². The van der Waals surface area contributed by atoms with E-state index in [1.54, 1.807) is 64.8 Å². The van der Waals surface area contributed by atoms with Gasteiger partial charge in [-0.15, -0.1) is 0 Å². The molecular weight excluding hydrogens is 303 g/mol. The Morgan fingerprint density at radius 3 is 1.09 bits per heavy atom.